The van der Waals surface area contributed by atoms with Crippen LogP contribution in [-0.2, 0) is 26.2 Å². The van der Waals surface area contributed by atoms with Crippen molar-refractivity contribution in [3.63, 3.8) is 0 Å². The van der Waals surface area contributed by atoms with Gasteiger partial charge in [-0.05, 0) is 30.7 Å². The highest BCUT2D eigenvalue weighted by atomic mass is 32.2. The molecule has 7 heteroatoms. The van der Waals surface area contributed by atoms with E-state index in [4.69, 9.17) is 4.74 Å². The SMILES string of the molecule is CS(=O)(=O)N1CCC[C@H](CNC(=O)CCCOCc2ccccc2)C1. The summed E-state index contributed by atoms with van der Waals surface area (Å²) in [6, 6.07) is 9.94. The molecule has 0 spiro atoms. The largest absolute Gasteiger partial charge is 0.377 e. The van der Waals surface area contributed by atoms with Crippen molar-refractivity contribution in [1.29, 1.82) is 0 Å². The van der Waals surface area contributed by atoms with E-state index in [1.807, 2.05) is 30.3 Å². The van der Waals surface area contributed by atoms with E-state index in [0.717, 1.165) is 18.4 Å². The van der Waals surface area contributed by atoms with Crippen LogP contribution in [0.4, 0.5) is 0 Å². The fraction of sp³-hybridized carbons (Fsp3) is 0.611. The van der Waals surface area contributed by atoms with E-state index in [-0.39, 0.29) is 11.8 Å². The maximum absolute atomic E-state index is 11.9. The van der Waals surface area contributed by atoms with Gasteiger partial charge in [0.15, 0.2) is 0 Å². The number of ether oxygens (including phenoxy) is 1. The molecule has 1 heterocycles. The molecule has 1 aliphatic rings. The molecule has 1 fully saturated rings. The van der Waals surface area contributed by atoms with Crippen LogP contribution in [0.2, 0.25) is 0 Å². The molecule has 1 aliphatic heterocycles. The fourth-order valence-electron chi connectivity index (χ4n) is 2.94. The Bertz CT molecular complexity index is 634. The molecule has 1 aromatic carbocycles. The number of nitrogens with zero attached hydrogens (tertiary/aromatic N) is 1. The van der Waals surface area contributed by atoms with Gasteiger partial charge in [-0.1, -0.05) is 30.3 Å². The molecule has 140 valence electrons. The van der Waals surface area contributed by atoms with E-state index in [1.165, 1.54) is 10.6 Å². The molecule has 1 atom stereocenters. The topological polar surface area (TPSA) is 75.7 Å². The molecule has 1 aromatic rings. The Morgan fingerprint density at radius 2 is 2.08 bits per heavy atom. The summed E-state index contributed by atoms with van der Waals surface area (Å²) in [5.41, 5.74) is 1.12. The zero-order valence-electron chi connectivity index (χ0n) is 14.8. The third kappa shape index (κ3) is 7.54. The Hall–Kier alpha value is -1.44. The summed E-state index contributed by atoms with van der Waals surface area (Å²) >= 11 is 0. The van der Waals surface area contributed by atoms with Crippen molar-refractivity contribution >= 4 is 15.9 Å². The number of hydrogen-bond acceptors (Lipinski definition) is 4. The molecule has 2 rings (SSSR count). The first-order chi connectivity index (χ1) is 11.9. The van der Waals surface area contributed by atoms with Gasteiger partial charge in [-0.25, -0.2) is 12.7 Å². The van der Waals surface area contributed by atoms with Crippen LogP contribution >= 0.6 is 0 Å². The molecule has 6 nitrogen and oxygen atoms in total. The summed E-state index contributed by atoms with van der Waals surface area (Å²) in [6.45, 7) is 2.73. The van der Waals surface area contributed by atoms with Crippen LogP contribution in [0.1, 0.15) is 31.2 Å². The van der Waals surface area contributed by atoms with Crippen LogP contribution in [0.5, 0.6) is 0 Å². The Balaban J connectivity index is 1.56. The number of hydrogen-bond donors (Lipinski definition) is 1. The van der Waals surface area contributed by atoms with Crippen LogP contribution in [-0.4, -0.2) is 51.1 Å². The van der Waals surface area contributed by atoms with Crippen molar-refractivity contribution in [3.05, 3.63) is 35.9 Å². The number of carbonyl (C=O) groups is 1. The second-order valence-electron chi connectivity index (χ2n) is 6.58. The van der Waals surface area contributed by atoms with E-state index in [0.29, 0.717) is 45.7 Å². The predicted molar refractivity (Wildman–Crippen MR) is 97.5 cm³/mol. The van der Waals surface area contributed by atoms with Gasteiger partial charge in [-0.15, -0.1) is 0 Å². The third-order valence-electron chi connectivity index (χ3n) is 4.34. The lowest BCUT2D eigenvalue weighted by Crippen LogP contribution is -2.43. The van der Waals surface area contributed by atoms with E-state index in [9.17, 15) is 13.2 Å². The van der Waals surface area contributed by atoms with Gasteiger partial charge in [-0.3, -0.25) is 4.79 Å². The minimum atomic E-state index is -3.14. The lowest BCUT2D eigenvalue weighted by Gasteiger charge is -2.30. The molecule has 0 aromatic heterocycles. The van der Waals surface area contributed by atoms with Gasteiger partial charge in [0.25, 0.3) is 0 Å². The number of nitrogens with one attached hydrogen (secondary N) is 1. The molecule has 0 radical (unpaired) electrons. The van der Waals surface area contributed by atoms with Crippen molar-refractivity contribution in [2.45, 2.75) is 32.3 Å². The second-order valence-corrected chi connectivity index (χ2v) is 8.56. The zero-order valence-corrected chi connectivity index (χ0v) is 15.6. The Labute approximate surface area is 150 Å². The van der Waals surface area contributed by atoms with Gasteiger partial charge in [0.2, 0.25) is 15.9 Å². The van der Waals surface area contributed by atoms with E-state index >= 15 is 0 Å². The van der Waals surface area contributed by atoms with Crippen LogP contribution < -0.4 is 5.32 Å². The maximum Gasteiger partial charge on any atom is 0.220 e. The normalized spacial score (nSPS) is 18.8. The number of sulfonamides is 1. The van der Waals surface area contributed by atoms with Gasteiger partial charge in [0.05, 0.1) is 12.9 Å². The molecule has 1 saturated heterocycles. The van der Waals surface area contributed by atoms with E-state index in [1.54, 1.807) is 0 Å². The molecule has 0 bridgehead atoms. The molecule has 1 N–H and O–H groups in total. The summed E-state index contributed by atoms with van der Waals surface area (Å²) in [5, 5.41) is 2.92. The van der Waals surface area contributed by atoms with Crippen molar-refractivity contribution in [3.8, 4) is 0 Å². The standard InChI is InChI=1S/C18H28N2O4S/c1-25(22,23)20-11-5-9-17(14-20)13-19-18(21)10-6-12-24-15-16-7-3-2-4-8-16/h2-4,7-8,17H,5-6,9-15H2,1H3,(H,19,21)/t17-/m1/s1. The Morgan fingerprint density at radius 3 is 2.80 bits per heavy atom. The first kappa shape index (κ1) is 19.9. The number of amides is 1. The first-order valence-corrected chi connectivity index (χ1v) is 10.6. The highest BCUT2D eigenvalue weighted by Crippen LogP contribution is 2.17. The molecule has 0 aliphatic carbocycles. The van der Waals surface area contributed by atoms with Gasteiger partial charge < -0.3 is 10.1 Å². The third-order valence-corrected chi connectivity index (χ3v) is 5.61. The average molecular weight is 368 g/mol. The number of carbonyl (C=O) groups excluding carboxylic acids is 1. The monoisotopic (exact) mass is 368 g/mol. The van der Waals surface area contributed by atoms with Crippen molar-refractivity contribution in [1.82, 2.24) is 9.62 Å². The van der Waals surface area contributed by atoms with Gasteiger partial charge in [0, 0.05) is 32.7 Å². The molecular weight excluding hydrogens is 340 g/mol. The molecular formula is C18H28N2O4S. The molecule has 0 saturated carbocycles. The van der Waals surface area contributed by atoms with Crippen molar-refractivity contribution < 1.29 is 17.9 Å². The van der Waals surface area contributed by atoms with Crippen molar-refractivity contribution in [2.75, 3.05) is 32.5 Å². The summed E-state index contributed by atoms with van der Waals surface area (Å²) in [7, 11) is -3.14. The Kier molecular flexibility index (Phi) is 7.87. The van der Waals surface area contributed by atoms with Gasteiger partial charge in [-0.2, -0.15) is 0 Å². The van der Waals surface area contributed by atoms with Crippen LogP contribution in [0.3, 0.4) is 0 Å². The number of piperidine rings is 1. The van der Waals surface area contributed by atoms with Gasteiger partial charge in [0.1, 0.15) is 0 Å². The summed E-state index contributed by atoms with van der Waals surface area (Å²) in [6.07, 6.45) is 4.15. The summed E-state index contributed by atoms with van der Waals surface area (Å²) in [4.78, 5) is 11.9. The summed E-state index contributed by atoms with van der Waals surface area (Å²) in [5.74, 6) is 0.196. The second kappa shape index (κ2) is 9.89. The lowest BCUT2D eigenvalue weighted by molar-refractivity contribution is -0.121. The molecule has 25 heavy (non-hydrogen) atoms. The average Bonchev–Trinajstić information content (AvgIpc) is 2.60. The molecule has 0 unspecified atom stereocenters. The minimum Gasteiger partial charge on any atom is -0.377 e. The predicted octanol–water partition coefficient (Wildman–Crippen LogP) is 1.77. The van der Waals surface area contributed by atoms with Crippen LogP contribution in [0, 0.1) is 5.92 Å². The zero-order chi connectivity index (χ0) is 18.1. The van der Waals surface area contributed by atoms with Crippen molar-refractivity contribution in [2.24, 2.45) is 5.92 Å². The maximum atomic E-state index is 11.9. The fourth-order valence-corrected chi connectivity index (χ4v) is 3.88. The highest BCUT2D eigenvalue weighted by Gasteiger charge is 2.25. The lowest BCUT2D eigenvalue weighted by atomic mass is 10.00. The molecule has 1 amide bonds. The van der Waals surface area contributed by atoms with Crippen LogP contribution in [0.25, 0.3) is 0 Å². The van der Waals surface area contributed by atoms with E-state index in [2.05, 4.69) is 5.32 Å². The van der Waals surface area contributed by atoms with E-state index < -0.39 is 10.0 Å². The first-order valence-electron chi connectivity index (χ1n) is 8.78. The smallest absolute Gasteiger partial charge is 0.220 e. The van der Waals surface area contributed by atoms with Crippen LogP contribution in [0.15, 0.2) is 30.3 Å². The summed E-state index contributed by atoms with van der Waals surface area (Å²) < 4.78 is 30.3. The van der Waals surface area contributed by atoms with Gasteiger partial charge >= 0.3 is 0 Å². The Morgan fingerprint density at radius 1 is 1.32 bits per heavy atom. The quantitative estimate of drug-likeness (QED) is 0.674. The minimum absolute atomic E-state index is 0.000194. The number of benzene rings is 1. The highest BCUT2D eigenvalue weighted by molar-refractivity contribution is 7.88. The number of rotatable bonds is 9.